The molecule has 0 saturated heterocycles. The first-order valence-electron chi connectivity index (χ1n) is 5.43. The molecule has 1 nitrogen and oxygen atoms in total. The molecule has 0 radical (unpaired) electrons. The van der Waals surface area contributed by atoms with Crippen LogP contribution in [0.4, 0.5) is 0 Å². The van der Waals surface area contributed by atoms with Crippen molar-refractivity contribution in [2.24, 2.45) is 17.3 Å². The second-order valence-electron chi connectivity index (χ2n) is 5.20. The molecule has 0 aliphatic rings. The van der Waals surface area contributed by atoms with Crippen molar-refractivity contribution in [3.63, 3.8) is 0 Å². The topological polar surface area (TPSA) is 17.1 Å². The molecule has 0 aromatic carbocycles. The molecule has 0 amide bonds. The van der Waals surface area contributed by atoms with E-state index in [9.17, 15) is 4.79 Å². The molecule has 0 rings (SSSR count). The van der Waals surface area contributed by atoms with Crippen molar-refractivity contribution in [1.29, 1.82) is 0 Å². The maximum Gasteiger partial charge on any atom is 0.139 e. The molecule has 0 N–H and O–H groups in total. The molecule has 1 heteroatoms. The van der Waals surface area contributed by atoms with Crippen molar-refractivity contribution in [3.8, 4) is 0 Å². The molecular formula is C13H24O. The molecule has 0 aliphatic carbocycles. The van der Waals surface area contributed by atoms with Gasteiger partial charge < -0.3 is 0 Å². The minimum absolute atomic E-state index is 0.00854. The summed E-state index contributed by atoms with van der Waals surface area (Å²) in [5.41, 5.74) is 1.27. The zero-order valence-electron chi connectivity index (χ0n) is 10.5. The molecule has 0 aliphatic heterocycles. The molecule has 0 spiro atoms. The number of hydrogen-bond acceptors (Lipinski definition) is 1. The van der Waals surface area contributed by atoms with E-state index in [2.05, 4.69) is 34.3 Å². The van der Waals surface area contributed by atoms with E-state index in [0.29, 0.717) is 18.1 Å². The summed E-state index contributed by atoms with van der Waals surface area (Å²) in [6.45, 7) is 16.7. The summed E-state index contributed by atoms with van der Waals surface area (Å²) in [4.78, 5) is 11.5. The van der Waals surface area contributed by atoms with Gasteiger partial charge in [0.15, 0.2) is 0 Å². The minimum Gasteiger partial charge on any atom is -0.299 e. The third-order valence-electron chi connectivity index (χ3n) is 3.24. The molecule has 0 heterocycles. The van der Waals surface area contributed by atoms with E-state index in [0.717, 1.165) is 5.57 Å². The van der Waals surface area contributed by atoms with Gasteiger partial charge in [0.1, 0.15) is 5.78 Å². The first-order valence-corrected chi connectivity index (χ1v) is 5.43. The summed E-state index contributed by atoms with van der Waals surface area (Å²) in [6, 6.07) is 0. The number of rotatable bonds is 4. The van der Waals surface area contributed by atoms with Crippen molar-refractivity contribution >= 4 is 5.78 Å². The Bertz CT molecular complexity index is 220. The van der Waals surface area contributed by atoms with Crippen LogP contribution in [0.25, 0.3) is 0 Å². The highest BCUT2D eigenvalue weighted by Crippen LogP contribution is 2.34. The van der Waals surface area contributed by atoms with Crippen molar-refractivity contribution in [1.82, 2.24) is 0 Å². The van der Waals surface area contributed by atoms with Crippen molar-refractivity contribution in [2.45, 2.75) is 48.0 Å². The number of allylic oxidation sites excluding steroid dienone is 1. The second kappa shape index (κ2) is 4.77. The third-order valence-corrected chi connectivity index (χ3v) is 3.24. The van der Waals surface area contributed by atoms with Crippen LogP contribution in [-0.2, 0) is 4.79 Å². The maximum absolute atomic E-state index is 11.5. The highest BCUT2D eigenvalue weighted by atomic mass is 16.1. The van der Waals surface area contributed by atoms with Gasteiger partial charge in [-0.25, -0.2) is 0 Å². The lowest BCUT2D eigenvalue weighted by atomic mass is 9.73. The second-order valence-corrected chi connectivity index (χ2v) is 5.20. The third kappa shape index (κ3) is 3.28. The van der Waals surface area contributed by atoms with Gasteiger partial charge in [0, 0.05) is 12.3 Å². The monoisotopic (exact) mass is 196 g/mol. The fraction of sp³-hybridized carbons (Fsp3) is 0.769. The van der Waals surface area contributed by atoms with Crippen LogP contribution in [0, 0.1) is 17.3 Å². The first-order chi connectivity index (χ1) is 6.21. The van der Waals surface area contributed by atoms with Crippen LogP contribution in [0.5, 0.6) is 0 Å². The highest BCUT2D eigenvalue weighted by Gasteiger charge is 2.27. The minimum atomic E-state index is 0.00854. The van der Waals surface area contributed by atoms with Gasteiger partial charge in [-0.1, -0.05) is 53.7 Å². The molecule has 0 fully saturated rings. The highest BCUT2D eigenvalue weighted by molar-refractivity contribution is 5.83. The van der Waals surface area contributed by atoms with Gasteiger partial charge in [-0.2, -0.15) is 0 Å². The van der Waals surface area contributed by atoms with Gasteiger partial charge >= 0.3 is 0 Å². The summed E-state index contributed by atoms with van der Waals surface area (Å²) in [5, 5.41) is 0. The van der Waals surface area contributed by atoms with E-state index >= 15 is 0 Å². The summed E-state index contributed by atoms with van der Waals surface area (Å²) >= 11 is 0. The van der Waals surface area contributed by atoms with E-state index in [1.54, 1.807) is 0 Å². The first kappa shape index (κ1) is 13.4. The Kier molecular flexibility index (Phi) is 4.57. The Hall–Kier alpha value is -0.590. The SMILES string of the molecule is C=C(C(C)C(=O)CC)C(C)C(C)(C)C. The van der Waals surface area contributed by atoms with Gasteiger partial charge in [0.2, 0.25) is 0 Å². The predicted octanol–water partition coefficient (Wildman–Crippen LogP) is 3.84. The Morgan fingerprint density at radius 3 is 2.00 bits per heavy atom. The zero-order valence-corrected chi connectivity index (χ0v) is 10.5. The van der Waals surface area contributed by atoms with Gasteiger partial charge in [-0.3, -0.25) is 4.79 Å². The van der Waals surface area contributed by atoms with Crippen LogP contribution < -0.4 is 0 Å². The Labute approximate surface area is 88.6 Å². The maximum atomic E-state index is 11.5. The molecule has 0 aromatic rings. The molecule has 0 saturated carbocycles. The molecule has 0 aromatic heterocycles. The van der Waals surface area contributed by atoms with E-state index in [1.165, 1.54) is 0 Å². The van der Waals surface area contributed by atoms with Crippen molar-refractivity contribution < 1.29 is 4.79 Å². The largest absolute Gasteiger partial charge is 0.299 e. The molecule has 2 unspecified atom stereocenters. The fourth-order valence-electron chi connectivity index (χ4n) is 1.44. The van der Waals surface area contributed by atoms with E-state index in [1.807, 2.05) is 13.8 Å². The van der Waals surface area contributed by atoms with Crippen LogP contribution in [0.15, 0.2) is 12.2 Å². The lowest BCUT2D eigenvalue weighted by Crippen LogP contribution is -2.25. The zero-order chi connectivity index (χ0) is 11.5. The van der Waals surface area contributed by atoms with Crippen LogP contribution in [-0.4, -0.2) is 5.78 Å². The number of carbonyl (C=O) groups excluding carboxylic acids is 1. The van der Waals surface area contributed by atoms with Gasteiger partial charge in [0.25, 0.3) is 0 Å². The molecular weight excluding hydrogens is 172 g/mol. The summed E-state index contributed by atoms with van der Waals surface area (Å²) in [7, 11) is 0. The van der Waals surface area contributed by atoms with E-state index < -0.39 is 0 Å². The molecule has 2 atom stereocenters. The number of Topliss-reactive ketones (excluding diaryl/α,β-unsaturated/α-hetero) is 1. The Balaban J connectivity index is 4.56. The number of ketones is 1. The summed E-state index contributed by atoms with van der Waals surface area (Å²) in [5.74, 6) is 0.688. The molecule has 82 valence electrons. The smallest absolute Gasteiger partial charge is 0.139 e. The average molecular weight is 196 g/mol. The fourth-order valence-corrected chi connectivity index (χ4v) is 1.44. The summed E-state index contributed by atoms with van der Waals surface area (Å²) in [6.07, 6.45) is 0.608. The normalized spacial score (nSPS) is 16.1. The average Bonchev–Trinajstić information content (AvgIpc) is 2.11. The van der Waals surface area contributed by atoms with Crippen molar-refractivity contribution in [2.75, 3.05) is 0 Å². The van der Waals surface area contributed by atoms with Crippen LogP contribution >= 0.6 is 0 Å². The predicted molar refractivity (Wildman–Crippen MR) is 62.2 cm³/mol. The summed E-state index contributed by atoms with van der Waals surface area (Å²) < 4.78 is 0. The van der Waals surface area contributed by atoms with Gasteiger partial charge in [-0.05, 0) is 11.3 Å². The van der Waals surface area contributed by atoms with E-state index in [-0.39, 0.29) is 11.3 Å². The lowest BCUT2D eigenvalue weighted by Gasteiger charge is -2.31. The Morgan fingerprint density at radius 2 is 1.71 bits per heavy atom. The lowest BCUT2D eigenvalue weighted by molar-refractivity contribution is -0.121. The molecule has 14 heavy (non-hydrogen) atoms. The quantitative estimate of drug-likeness (QED) is 0.624. The number of carbonyl (C=O) groups is 1. The van der Waals surface area contributed by atoms with Gasteiger partial charge in [-0.15, -0.1) is 0 Å². The number of hydrogen-bond donors (Lipinski definition) is 0. The van der Waals surface area contributed by atoms with Crippen LogP contribution in [0.1, 0.15) is 48.0 Å². The molecule has 0 bridgehead atoms. The van der Waals surface area contributed by atoms with Crippen LogP contribution in [0.3, 0.4) is 0 Å². The van der Waals surface area contributed by atoms with Crippen molar-refractivity contribution in [3.05, 3.63) is 12.2 Å². The van der Waals surface area contributed by atoms with E-state index in [4.69, 9.17) is 0 Å². The standard InChI is InChI=1S/C13H24O/c1-8-12(14)10(3)9(2)11(4)13(5,6)7/h10-11H,2,8H2,1,3-7H3. The van der Waals surface area contributed by atoms with Gasteiger partial charge in [0.05, 0.1) is 0 Å². The van der Waals surface area contributed by atoms with Crippen LogP contribution in [0.2, 0.25) is 0 Å². The Morgan fingerprint density at radius 1 is 1.29 bits per heavy atom.